The van der Waals surface area contributed by atoms with Gasteiger partial charge < -0.3 is 5.32 Å². The second kappa shape index (κ2) is 5.65. The molecular formula is C13H12Br2N2. The molecule has 17 heavy (non-hydrogen) atoms. The first-order chi connectivity index (χ1) is 8.18. The maximum absolute atomic E-state index is 4.13. The number of aromatic nitrogens is 1. The predicted octanol–water partition coefficient (Wildman–Crippen LogP) is 4.78. The third-order valence-corrected chi connectivity index (χ3v) is 3.83. The van der Waals surface area contributed by atoms with E-state index in [4.69, 9.17) is 0 Å². The van der Waals surface area contributed by atoms with Crippen LogP contribution in [0, 0.1) is 0 Å². The lowest BCUT2D eigenvalue weighted by Crippen LogP contribution is -2.07. The summed E-state index contributed by atoms with van der Waals surface area (Å²) in [5.41, 5.74) is 2.22. The first-order valence-corrected chi connectivity index (χ1v) is 6.87. The Morgan fingerprint density at radius 1 is 1.12 bits per heavy atom. The van der Waals surface area contributed by atoms with Crippen LogP contribution in [-0.4, -0.2) is 4.98 Å². The molecule has 1 aromatic heterocycles. The molecule has 0 fully saturated rings. The number of rotatable bonds is 3. The van der Waals surface area contributed by atoms with Crippen molar-refractivity contribution in [1.29, 1.82) is 0 Å². The highest BCUT2D eigenvalue weighted by atomic mass is 79.9. The van der Waals surface area contributed by atoms with Gasteiger partial charge in [-0.2, -0.15) is 0 Å². The van der Waals surface area contributed by atoms with E-state index in [1.54, 1.807) is 6.20 Å². The first kappa shape index (κ1) is 12.6. The minimum absolute atomic E-state index is 0.207. The fourth-order valence-corrected chi connectivity index (χ4v) is 2.80. The van der Waals surface area contributed by atoms with E-state index in [0.29, 0.717) is 0 Å². The summed E-state index contributed by atoms with van der Waals surface area (Å²) in [5, 5.41) is 3.46. The van der Waals surface area contributed by atoms with Gasteiger partial charge in [0.2, 0.25) is 0 Å². The summed E-state index contributed by atoms with van der Waals surface area (Å²) in [6.07, 6.45) is 3.66. The van der Waals surface area contributed by atoms with Crippen molar-refractivity contribution in [2.45, 2.75) is 13.0 Å². The molecule has 0 saturated carbocycles. The summed E-state index contributed by atoms with van der Waals surface area (Å²) in [6.45, 7) is 2.11. The lowest BCUT2D eigenvalue weighted by molar-refractivity contribution is 0.873. The zero-order valence-electron chi connectivity index (χ0n) is 9.32. The van der Waals surface area contributed by atoms with Crippen LogP contribution in [-0.2, 0) is 0 Å². The zero-order chi connectivity index (χ0) is 12.3. The zero-order valence-corrected chi connectivity index (χ0v) is 12.5. The number of nitrogens with one attached hydrogen (secondary N) is 1. The summed E-state index contributed by atoms with van der Waals surface area (Å²) in [6, 6.07) is 10.2. The van der Waals surface area contributed by atoms with Crippen molar-refractivity contribution < 1.29 is 0 Å². The molecule has 0 saturated heterocycles. The normalized spacial score (nSPS) is 12.2. The molecule has 2 aromatic rings. The molecule has 1 aromatic carbocycles. The highest BCUT2D eigenvalue weighted by Crippen LogP contribution is 2.33. The van der Waals surface area contributed by atoms with Gasteiger partial charge in [0.05, 0.1) is 11.7 Å². The SMILES string of the molecule is CC(Nc1c(Br)cccc1Br)c1cccnc1. The smallest absolute Gasteiger partial charge is 0.0633 e. The molecule has 4 heteroatoms. The molecule has 0 aliphatic carbocycles. The van der Waals surface area contributed by atoms with Crippen LogP contribution in [0.2, 0.25) is 0 Å². The molecule has 0 spiro atoms. The van der Waals surface area contributed by atoms with Crippen molar-refractivity contribution in [2.24, 2.45) is 0 Å². The molecule has 0 amide bonds. The van der Waals surface area contributed by atoms with E-state index in [0.717, 1.165) is 20.2 Å². The number of halogens is 2. The largest absolute Gasteiger partial charge is 0.377 e. The molecule has 1 heterocycles. The third kappa shape index (κ3) is 3.07. The average Bonchev–Trinajstić information content (AvgIpc) is 2.35. The minimum Gasteiger partial charge on any atom is -0.377 e. The Bertz CT molecular complexity index is 480. The van der Waals surface area contributed by atoms with E-state index >= 15 is 0 Å². The van der Waals surface area contributed by atoms with Crippen LogP contribution in [0.5, 0.6) is 0 Å². The lowest BCUT2D eigenvalue weighted by atomic mass is 10.1. The van der Waals surface area contributed by atoms with Gasteiger partial charge >= 0.3 is 0 Å². The van der Waals surface area contributed by atoms with E-state index in [-0.39, 0.29) is 6.04 Å². The van der Waals surface area contributed by atoms with Gasteiger partial charge in [-0.25, -0.2) is 0 Å². The quantitative estimate of drug-likeness (QED) is 0.856. The molecule has 88 valence electrons. The number of benzene rings is 1. The monoisotopic (exact) mass is 354 g/mol. The van der Waals surface area contributed by atoms with E-state index in [2.05, 4.69) is 55.2 Å². The standard InChI is InChI=1S/C13H12Br2N2/c1-9(10-4-3-7-16-8-10)17-13-11(14)5-2-6-12(13)15/h2-9,17H,1H3. The summed E-state index contributed by atoms with van der Waals surface area (Å²) in [4.78, 5) is 4.13. The number of hydrogen-bond donors (Lipinski definition) is 1. The molecule has 0 radical (unpaired) electrons. The number of para-hydroxylation sites is 1. The molecule has 1 unspecified atom stereocenters. The van der Waals surface area contributed by atoms with Gasteiger partial charge in [0.25, 0.3) is 0 Å². The number of anilines is 1. The Morgan fingerprint density at radius 2 is 1.82 bits per heavy atom. The van der Waals surface area contributed by atoms with Crippen LogP contribution >= 0.6 is 31.9 Å². The van der Waals surface area contributed by atoms with Crippen molar-refractivity contribution in [3.63, 3.8) is 0 Å². The summed E-state index contributed by atoms with van der Waals surface area (Å²) in [5.74, 6) is 0. The van der Waals surface area contributed by atoms with Gasteiger partial charge in [-0.1, -0.05) is 12.1 Å². The Balaban J connectivity index is 2.22. The summed E-state index contributed by atoms with van der Waals surface area (Å²) in [7, 11) is 0. The van der Waals surface area contributed by atoms with Gasteiger partial charge in [-0.15, -0.1) is 0 Å². The maximum atomic E-state index is 4.13. The summed E-state index contributed by atoms with van der Waals surface area (Å²) >= 11 is 7.08. The molecule has 1 atom stereocenters. The van der Waals surface area contributed by atoms with Crippen molar-refractivity contribution >= 4 is 37.5 Å². The van der Waals surface area contributed by atoms with Gasteiger partial charge in [0.1, 0.15) is 0 Å². The third-order valence-electron chi connectivity index (χ3n) is 2.51. The van der Waals surface area contributed by atoms with E-state index in [9.17, 15) is 0 Å². The van der Waals surface area contributed by atoms with E-state index in [1.165, 1.54) is 0 Å². The highest BCUT2D eigenvalue weighted by molar-refractivity contribution is 9.11. The van der Waals surface area contributed by atoms with Crippen molar-refractivity contribution in [3.8, 4) is 0 Å². The van der Waals surface area contributed by atoms with Crippen molar-refractivity contribution in [1.82, 2.24) is 4.98 Å². The molecule has 1 N–H and O–H groups in total. The van der Waals surface area contributed by atoms with Gasteiger partial charge in [-0.05, 0) is 62.5 Å². The Morgan fingerprint density at radius 3 is 2.41 bits per heavy atom. The van der Waals surface area contributed by atoms with E-state index < -0.39 is 0 Å². The van der Waals surface area contributed by atoms with Crippen LogP contribution in [0.15, 0.2) is 51.7 Å². The Hall–Kier alpha value is -0.870. The van der Waals surface area contributed by atoms with Gasteiger partial charge in [0.15, 0.2) is 0 Å². The van der Waals surface area contributed by atoms with Gasteiger partial charge in [-0.3, -0.25) is 4.98 Å². The first-order valence-electron chi connectivity index (χ1n) is 5.29. The number of nitrogens with zero attached hydrogens (tertiary/aromatic N) is 1. The molecule has 0 aliphatic heterocycles. The van der Waals surface area contributed by atoms with Crippen LogP contribution in [0.25, 0.3) is 0 Å². The fourth-order valence-electron chi connectivity index (χ4n) is 1.57. The topological polar surface area (TPSA) is 24.9 Å². The van der Waals surface area contributed by atoms with Crippen LogP contribution < -0.4 is 5.32 Å². The molecule has 0 bridgehead atoms. The van der Waals surface area contributed by atoms with E-state index in [1.807, 2.05) is 30.5 Å². The second-order valence-corrected chi connectivity index (χ2v) is 5.46. The Kier molecular flexibility index (Phi) is 4.18. The van der Waals surface area contributed by atoms with Crippen molar-refractivity contribution in [2.75, 3.05) is 5.32 Å². The Labute approximate surface area is 118 Å². The summed E-state index contributed by atoms with van der Waals surface area (Å²) < 4.78 is 2.09. The van der Waals surface area contributed by atoms with Gasteiger partial charge in [0, 0.05) is 21.3 Å². The van der Waals surface area contributed by atoms with Crippen LogP contribution in [0.1, 0.15) is 18.5 Å². The minimum atomic E-state index is 0.207. The fraction of sp³-hybridized carbons (Fsp3) is 0.154. The molecular weight excluding hydrogens is 344 g/mol. The maximum Gasteiger partial charge on any atom is 0.0633 e. The average molecular weight is 356 g/mol. The van der Waals surface area contributed by atoms with Crippen LogP contribution in [0.3, 0.4) is 0 Å². The highest BCUT2D eigenvalue weighted by Gasteiger charge is 2.09. The van der Waals surface area contributed by atoms with Crippen molar-refractivity contribution in [3.05, 3.63) is 57.2 Å². The van der Waals surface area contributed by atoms with Crippen LogP contribution in [0.4, 0.5) is 5.69 Å². The second-order valence-electron chi connectivity index (χ2n) is 3.75. The lowest BCUT2D eigenvalue weighted by Gasteiger charge is -2.17. The molecule has 2 rings (SSSR count). The number of pyridine rings is 1. The predicted molar refractivity (Wildman–Crippen MR) is 78.1 cm³/mol. The molecule has 2 nitrogen and oxygen atoms in total. The number of hydrogen-bond acceptors (Lipinski definition) is 2. The molecule has 0 aliphatic rings.